The highest BCUT2D eigenvalue weighted by molar-refractivity contribution is 5.92. The van der Waals surface area contributed by atoms with Crippen LogP contribution in [0.3, 0.4) is 0 Å². The van der Waals surface area contributed by atoms with Crippen LogP contribution in [-0.4, -0.2) is 28.9 Å². The molecule has 0 atom stereocenters. The lowest BCUT2D eigenvalue weighted by molar-refractivity contribution is 0.0786. The molecule has 3 nitrogen and oxygen atoms in total. The molecule has 1 saturated heterocycles. The summed E-state index contributed by atoms with van der Waals surface area (Å²) in [4.78, 5) is 18.4. The number of carbonyl (C=O) groups is 1. The summed E-state index contributed by atoms with van der Waals surface area (Å²) < 4.78 is 0. The van der Waals surface area contributed by atoms with Crippen molar-refractivity contribution in [2.75, 3.05) is 13.1 Å². The van der Waals surface area contributed by atoms with Gasteiger partial charge in [0.25, 0.3) is 5.91 Å². The van der Waals surface area contributed by atoms with Crippen molar-refractivity contribution in [3.8, 4) is 0 Å². The first kappa shape index (κ1) is 11.1. The number of carbonyl (C=O) groups excluding carboxylic acids is 1. The lowest BCUT2D eigenvalue weighted by Crippen LogP contribution is -2.28. The van der Waals surface area contributed by atoms with Crippen LogP contribution in [0.15, 0.2) is 18.2 Å². The Hall–Kier alpha value is -1.38. The van der Waals surface area contributed by atoms with Crippen LogP contribution in [-0.2, 0) is 0 Å². The van der Waals surface area contributed by atoms with Crippen molar-refractivity contribution in [1.82, 2.24) is 9.88 Å². The van der Waals surface area contributed by atoms with E-state index in [0.29, 0.717) is 11.6 Å². The lowest BCUT2D eigenvalue weighted by Gasteiger charge is -2.15. The second kappa shape index (κ2) is 4.64. The van der Waals surface area contributed by atoms with Crippen molar-refractivity contribution < 1.29 is 4.79 Å². The highest BCUT2D eigenvalue weighted by atomic mass is 16.2. The zero-order valence-electron chi connectivity index (χ0n) is 9.94. The molecule has 1 aliphatic rings. The van der Waals surface area contributed by atoms with Gasteiger partial charge in [-0.3, -0.25) is 4.79 Å². The van der Waals surface area contributed by atoms with E-state index >= 15 is 0 Å². The van der Waals surface area contributed by atoms with Crippen LogP contribution in [0.2, 0.25) is 0 Å². The first-order valence-electron chi connectivity index (χ1n) is 5.94. The molecule has 0 unspecified atom stereocenters. The largest absolute Gasteiger partial charge is 0.337 e. The number of hydrogen-bond acceptors (Lipinski definition) is 2. The van der Waals surface area contributed by atoms with E-state index < -0.39 is 0 Å². The third kappa shape index (κ3) is 2.23. The molecule has 1 aromatic rings. The Bertz CT molecular complexity index is 381. The Morgan fingerprint density at radius 1 is 1.31 bits per heavy atom. The van der Waals surface area contributed by atoms with Gasteiger partial charge in [-0.05, 0) is 30.9 Å². The van der Waals surface area contributed by atoms with Gasteiger partial charge < -0.3 is 4.90 Å². The smallest absolute Gasteiger partial charge is 0.272 e. The van der Waals surface area contributed by atoms with E-state index in [2.05, 4.69) is 18.8 Å². The molecule has 1 aromatic heterocycles. The molecular weight excluding hydrogens is 200 g/mol. The van der Waals surface area contributed by atoms with Gasteiger partial charge >= 0.3 is 0 Å². The number of rotatable bonds is 2. The first-order valence-corrected chi connectivity index (χ1v) is 5.94. The van der Waals surface area contributed by atoms with E-state index in [1.54, 1.807) is 0 Å². The average Bonchev–Trinajstić information content (AvgIpc) is 2.81. The molecular formula is C13H18N2O. The molecule has 3 heteroatoms. The lowest BCUT2D eigenvalue weighted by atomic mass is 10.1. The van der Waals surface area contributed by atoms with Crippen LogP contribution in [0.1, 0.15) is 48.8 Å². The number of amides is 1. The van der Waals surface area contributed by atoms with Crippen LogP contribution >= 0.6 is 0 Å². The Balaban J connectivity index is 2.19. The monoisotopic (exact) mass is 218 g/mol. The predicted molar refractivity (Wildman–Crippen MR) is 63.5 cm³/mol. The minimum Gasteiger partial charge on any atom is -0.337 e. The summed E-state index contributed by atoms with van der Waals surface area (Å²) in [6.45, 7) is 5.94. The molecule has 0 bridgehead atoms. The number of aromatic nitrogens is 1. The summed E-state index contributed by atoms with van der Waals surface area (Å²) in [6, 6.07) is 5.71. The summed E-state index contributed by atoms with van der Waals surface area (Å²) in [5.74, 6) is 0.450. The van der Waals surface area contributed by atoms with E-state index in [1.165, 1.54) is 0 Å². The van der Waals surface area contributed by atoms with Crippen LogP contribution in [0, 0.1) is 0 Å². The zero-order chi connectivity index (χ0) is 11.5. The van der Waals surface area contributed by atoms with Crippen LogP contribution in [0.25, 0.3) is 0 Å². The molecule has 0 spiro atoms. The molecule has 0 saturated carbocycles. The maximum atomic E-state index is 12.1. The molecule has 1 fully saturated rings. The molecule has 0 aliphatic carbocycles. The van der Waals surface area contributed by atoms with Gasteiger partial charge in [-0.1, -0.05) is 19.9 Å². The standard InChI is InChI=1S/C13H18N2O/c1-10(2)11-6-5-7-12(14-11)13(16)15-8-3-4-9-15/h5-7,10H,3-4,8-9H2,1-2H3. The van der Waals surface area contributed by atoms with Gasteiger partial charge in [0.1, 0.15) is 5.69 Å². The van der Waals surface area contributed by atoms with Gasteiger partial charge in [-0.25, -0.2) is 4.98 Å². The number of nitrogens with zero attached hydrogens (tertiary/aromatic N) is 2. The van der Waals surface area contributed by atoms with Gasteiger partial charge in [0.2, 0.25) is 0 Å². The van der Waals surface area contributed by atoms with Crippen molar-refractivity contribution in [2.24, 2.45) is 0 Å². The molecule has 0 radical (unpaired) electrons. The second-order valence-electron chi connectivity index (χ2n) is 4.60. The van der Waals surface area contributed by atoms with Gasteiger partial charge in [0, 0.05) is 18.8 Å². The van der Waals surface area contributed by atoms with Gasteiger partial charge in [0.15, 0.2) is 0 Å². The summed E-state index contributed by atoms with van der Waals surface area (Å²) in [6.07, 6.45) is 2.24. The molecule has 16 heavy (non-hydrogen) atoms. The Labute approximate surface area is 96.5 Å². The maximum Gasteiger partial charge on any atom is 0.272 e. The maximum absolute atomic E-state index is 12.1. The molecule has 0 N–H and O–H groups in total. The Morgan fingerprint density at radius 2 is 2.00 bits per heavy atom. The summed E-state index contributed by atoms with van der Waals surface area (Å²) in [5, 5.41) is 0. The normalized spacial score (nSPS) is 15.8. The second-order valence-corrected chi connectivity index (χ2v) is 4.60. The minimum absolute atomic E-state index is 0.0833. The third-order valence-corrected chi connectivity index (χ3v) is 2.97. The van der Waals surface area contributed by atoms with E-state index in [-0.39, 0.29) is 5.91 Å². The predicted octanol–water partition coefficient (Wildman–Crippen LogP) is 2.44. The first-order chi connectivity index (χ1) is 7.68. The summed E-state index contributed by atoms with van der Waals surface area (Å²) in [5.41, 5.74) is 1.58. The molecule has 1 aliphatic heterocycles. The molecule has 86 valence electrons. The van der Waals surface area contributed by atoms with Crippen molar-refractivity contribution in [1.29, 1.82) is 0 Å². The van der Waals surface area contributed by atoms with E-state index in [4.69, 9.17) is 0 Å². The van der Waals surface area contributed by atoms with Crippen molar-refractivity contribution in [3.63, 3.8) is 0 Å². The third-order valence-electron chi connectivity index (χ3n) is 2.97. The molecule has 0 aromatic carbocycles. The van der Waals surface area contributed by atoms with Crippen molar-refractivity contribution >= 4 is 5.91 Å². The highest BCUT2D eigenvalue weighted by Gasteiger charge is 2.20. The molecule has 1 amide bonds. The fourth-order valence-corrected chi connectivity index (χ4v) is 1.97. The number of hydrogen-bond donors (Lipinski definition) is 0. The Kier molecular flexibility index (Phi) is 3.22. The van der Waals surface area contributed by atoms with Crippen LogP contribution in [0.4, 0.5) is 0 Å². The number of pyridine rings is 1. The molecule has 2 heterocycles. The SMILES string of the molecule is CC(C)c1cccc(C(=O)N2CCCC2)n1. The molecule has 2 rings (SSSR count). The fourth-order valence-electron chi connectivity index (χ4n) is 1.97. The van der Waals surface area contributed by atoms with Crippen LogP contribution in [0.5, 0.6) is 0 Å². The summed E-state index contributed by atoms with van der Waals surface area (Å²) >= 11 is 0. The minimum atomic E-state index is 0.0833. The Morgan fingerprint density at radius 3 is 2.62 bits per heavy atom. The topological polar surface area (TPSA) is 33.2 Å². The van der Waals surface area contributed by atoms with Gasteiger partial charge in [0.05, 0.1) is 0 Å². The van der Waals surface area contributed by atoms with E-state index in [1.807, 2.05) is 23.1 Å². The van der Waals surface area contributed by atoms with E-state index in [0.717, 1.165) is 31.6 Å². The van der Waals surface area contributed by atoms with E-state index in [9.17, 15) is 4.79 Å². The number of likely N-dealkylation sites (tertiary alicyclic amines) is 1. The van der Waals surface area contributed by atoms with Crippen molar-refractivity contribution in [3.05, 3.63) is 29.6 Å². The quantitative estimate of drug-likeness (QED) is 0.764. The fraction of sp³-hybridized carbons (Fsp3) is 0.538. The highest BCUT2D eigenvalue weighted by Crippen LogP contribution is 2.15. The van der Waals surface area contributed by atoms with Gasteiger partial charge in [-0.15, -0.1) is 0 Å². The average molecular weight is 218 g/mol. The summed E-state index contributed by atoms with van der Waals surface area (Å²) in [7, 11) is 0. The van der Waals surface area contributed by atoms with Crippen LogP contribution < -0.4 is 0 Å². The van der Waals surface area contributed by atoms with Gasteiger partial charge in [-0.2, -0.15) is 0 Å². The van der Waals surface area contributed by atoms with Crippen molar-refractivity contribution in [2.45, 2.75) is 32.6 Å². The zero-order valence-corrected chi connectivity index (χ0v) is 9.94.